The van der Waals surface area contributed by atoms with Gasteiger partial charge in [0, 0.05) is 13.4 Å². The van der Waals surface area contributed by atoms with Crippen LogP contribution in [0.15, 0.2) is 0 Å². The van der Waals surface area contributed by atoms with Crippen LogP contribution in [0, 0.1) is 5.92 Å². The van der Waals surface area contributed by atoms with Gasteiger partial charge in [0.25, 0.3) is 0 Å². The van der Waals surface area contributed by atoms with Crippen molar-refractivity contribution in [3.8, 4) is 0 Å². The van der Waals surface area contributed by atoms with E-state index < -0.39 is 9.84 Å². The van der Waals surface area contributed by atoms with Crippen molar-refractivity contribution in [2.45, 2.75) is 62.8 Å². The van der Waals surface area contributed by atoms with Crippen molar-refractivity contribution in [1.29, 1.82) is 0 Å². The average Bonchev–Trinajstić information content (AvgIpc) is 2.38. The SMILES string of the molecule is CCC(C)(OC)C(NN)C1CCCC(S(C)(=O)=O)C1. The highest BCUT2D eigenvalue weighted by atomic mass is 32.2. The number of rotatable bonds is 6. The Labute approximate surface area is 117 Å². The summed E-state index contributed by atoms with van der Waals surface area (Å²) in [6.07, 6.45) is 5.54. The quantitative estimate of drug-likeness (QED) is 0.568. The van der Waals surface area contributed by atoms with Gasteiger partial charge in [0.15, 0.2) is 0 Å². The number of hydrogen-bond acceptors (Lipinski definition) is 5. The molecule has 0 amide bonds. The standard InChI is InChI=1S/C13H28N2O3S/c1-5-13(2,18-3)12(15-14)10-7-6-8-11(9-10)19(4,16)17/h10-12,15H,5-9,14H2,1-4H3. The fourth-order valence-electron chi connectivity index (χ4n) is 3.17. The molecule has 0 aromatic rings. The van der Waals surface area contributed by atoms with Crippen LogP contribution in [0.5, 0.6) is 0 Å². The summed E-state index contributed by atoms with van der Waals surface area (Å²) < 4.78 is 29.1. The second kappa shape index (κ2) is 6.52. The monoisotopic (exact) mass is 292 g/mol. The lowest BCUT2D eigenvalue weighted by Gasteiger charge is -2.42. The van der Waals surface area contributed by atoms with E-state index >= 15 is 0 Å². The number of methoxy groups -OCH3 is 1. The van der Waals surface area contributed by atoms with Gasteiger partial charge in [0.2, 0.25) is 0 Å². The third kappa shape index (κ3) is 3.90. The summed E-state index contributed by atoms with van der Waals surface area (Å²) >= 11 is 0. The van der Waals surface area contributed by atoms with E-state index in [2.05, 4.69) is 12.3 Å². The lowest BCUT2D eigenvalue weighted by Crippen LogP contribution is -2.57. The zero-order valence-corrected chi connectivity index (χ0v) is 13.3. The minimum atomic E-state index is -2.97. The molecule has 0 saturated heterocycles. The molecule has 1 aliphatic rings. The first-order valence-corrected chi connectivity index (χ1v) is 8.94. The van der Waals surface area contributed by atoms with Crippen molar-refractivity contribution in [3.05, 3.63) is 0 Å². The van der Waals surface area contributed by atoms with Crippen molar-refractivity contribution in [1.82, 2.24) is 5.43 Å². The van der Waals surface area contributed by atoms with E-state index in [1.54, 1.807) is 7.11 Å². The molecule has 3 N–H and O–H groups in total. The zero-order chi connectivity index (χ0) is 14.7. The van der Waals surface area contributed by atoms with Crippen molar-refractivity contribution >= 4 is 9.84 Å². The first-order chi connectivity index (χ1) is 8.78. The maximum atomic E-state index is 11.7. The van der Waals surface area contributed by atoms with Crippen LogP contribution in [0.2, 0.25) is 0 Å². The predicted octanol–water partition coefficient (Wildman–Crippen LogP) is 1.24. The highest BCUT2D eigenvalue weighted by molar-refractivity contribution is 7.91. The van der Waals surface area contributed by atoms with Crippen LogP contribution in [-0.4, -0.2) is 38.7 Å². The van der Waals surface area contributed by atoms with Gasteiger partial charge in [-0.2, -0.15) is 0 Å². The predicted molar refractivity (Wildman–Crippen MR) is 77.4 cm³/mol. The summed E-state index contributed by atoms with van der Waals surface area (Å²) in [6, 6.07) is -0.0213. The number of ether oxygens (including phenoxy) is 1. The fourth-order valence-corrected chi connectivity index (χ4v) is 4.37. The maximum Gasteiger partial charge on any atom is 0.150 e. The summed E-state index contributed by atoms with van der Waals surface area (Å²) in [5, 5.41) is -0.236. The molecule has 1 rings (SSSR count). The van der Waals surface area contributed by atoms with Gasteiger partial charge >= 0.3 is 0 Å². The van der Waals surface area contributed by atoms with Crippen LogP contribution < -0.4 is 11.3 Å². The molecule has 114 valence electrons. The highest BCUT2D eigenvalue weighted by Gasteiger charge is 2.41. The van der Waals surface area contributed by atoms with Gasteiger partial charge in [0.1, 0.15) is 9.84 Å². The molecule has 0 aromatic heterocycles. The Hall–Kier alpha value is -0.170. The molecule has 0 spiro atoms. The molecule has 0 radical (unpaired) electrons. The van der Waals surface area contributed by atoms with E-state index in [4.69, 9.17) is 10.6 Å². The molecule has 5 nitrogen and oxygen atoms in total. The first kappa shape index (κ1) is 16.9. The summed E-state index contributed by atoms with van der Waals surface area (Å²) in [5.74, 6) is 5.96. The van der Waals surface area contributed by atoms with E-state index in [0.29, 0.717) is 6.42 Å². The van der Waals surface area contributed by atoms with Crippen molar-refractivity contribution < 1.29 is 13.2 Å². The largest absolute Gasteiger partial charge is 0.377 e. The molecule has 19 heavy (non-hydrogen) atoms. The molecule has 0 bridgehead atoms. The number of nitrogens with two attached hydrogens (primary N) is 1. The van der Waals surface area contributed by atoms with Gasteiger partial charge in [-0.15, -0.1) is 0 Å². The lowest BCUT2D eigenvalue weighted by atomic mass is 9.76. The summed E-state index contributed by atoms with van der Waals surface area (Å²) in [4.78, 5) is 0. The normalized spacial score (nSPS) is 29.7. The first-order valence-electron chi connectivity index (χ1n) is 6.98. The number of sulfone groups is 1. The Morgan fingerprint density at radius 2 is 2.11 bits per heavy atom. The molecule has 4 unspecified atom stereocenters. The molecular weight excluding hydrogens is 264 g/mol. The van der Waals surface area contributed by atoms with Crippen LogP contribution in [-0.2, 0) is 14.6 Å². The third-order valence-electron chi connectivity index (χ3n) is 4.75. The fraction of sp³-hybridized carbons (Fsp3) is 1.00. The van der Waals surface area contributed by atoms with Crippen molar-refractivity contribution in [2.75, 3.05) is 13.4 Å². The van der Waals surface area contributed by atoms with Gasteiger partial charge in [0.05, 0.1) is 16.9 Å². The second-order valence-corrected chi connectivity index (χ2v) is 8.22. The van der Waals surface area contributed by atoms with E-state index in [0.717, 1.165) is 25.7 Å². The molecule has 4 atom stereocenters. The van der Waals surface area contributed by atoms with Crippen LogP contribution in [0.1, 0.15) is 46.0 Å². The van der Waals surface area contributed by atoms with Crippen LogP contribution >= 0.6 is 0 Å². The molecule has 6 heteroatoms. The number of nitrogens with one attached hydrogen (secondary N) is 1. The van der Waals surface area contributed by atoms with Crippen LogP contribution in [0.25, 0.3) is 0 Å². The minimum absolute atomic E-state index is 0.0213. The molecule has 0 aromatic carbocycles. The molecule has 1 fully saturated rings. The van der Waals surface area contributed by atoms with E-state index in [1.807, 2.05) is 6.92 Å². The third-order valence-corrected chi connectivity index (χ3v) is 6.39. The van der Waals surface area contributed by atoms with Crippen LogP contribution in [0.4, 0.5) is 0 Å². The molecule has 0 heterocycles. The zero-order valence-electron chi connectivity index (χ0n) is 12.5. The van der Waals surface area contributed by atoms with E-state index in [-0.39, 0.29) is 22.8 Å². The van der Waals surface area contributed by atoms with Crippen molar-refractivity contribution in [2.24, 2.45) is 11.8 Å². The van der Waals surface area contributed by atoms with Gasteiger partial charge in [-0.05, 0) is 38.5 Å². The number of hydrogen-bond donors (Lipinski definition) is 2. The van der Waals surface area contributed by atoms with E-state index in [1.165, 1.54) is 6.26 Å². The summed E-state index contributed by atoms with van der Waals surface area (Å²) in [5.41, 5.74) is 2.50. The Morgan fingerprint density at radius 1 is 1.47 bits per heavy atom. The van der Waals surface area contributed by atoms with Gasteiger partial charge in [-0.3, -0.25) is 11.3 Å². The maximum absolute atomic E-state index is 11.7. The van der Waals surface area contributed by atoms with Crippen LogP contribution in [0.3, 0.4) is 0 Å². The minimum Gasteiger partial charge on any atom is -0.377 e. The van der Waals surface area contributed by atoms with E-state index in [9.17, 15) is 8.42 Å². The number of hydrazine groups is 1. The summed E-state index contributed by atoms with van der Waals surface area (Å²) in [7, 11) is -1.28. The highest BCUT2D eigenvalue weighted by Crippen LogP contribution is 2.35. The molecular formula is C13H28N2O3S. The molecule has 1 saturated carbocycles. The Morgan fingerprint density at radius 3 is 2.53 bits per heavy atom. The smallest absolute Gasteiger partial charge is 0.150 e. The second-order valence-electron chi connectivity index (χ2n) is 5.89. The van der Waals surface area contributed by atoms with Gasteiger partial charge in [-0.1, -0.05) is 13.3 Å². The molecule has 0 aliphatic heterocycles. The van der Waals surface area contributed by atoms with Gasteiger partial charge < -0.3 is 4.74 Å². The average molecular weight is 292 g/mol. The Balaban J connectivity index is 2.87. The topological polar surface area (TPSA) is 81.4 Å². The van der Waals surface area contributed by atoms with Gasteiger partial charge in [-0.25, -0.2) is 8.42 Å². The Bertz CT molecular complexity index is 379. The Kier molecular flexibility index (Phi) is 5.79. The van der Waals surface area contributed by atoms with Crippen molar-refractivity contribution in [3.63, 3.8) is 0 Å². The lowest BCUT2D eigenvalue weighted by molar-refractivity contribution is -0.0499. The summed E-state index contributed by atoms with van der Waals surface area (Å²) in [6.45, 7) is 4.09. The molecule has 1 aliphatic carbocycles.